The van der Waals surface area contributed by atoms with Gasteiger partial charge in [0.05, 0.1) is 22.3 Å². The van der Waals surface area contributed by atoms with E-state index >= 15 is 0 Å². The molecule has 7 heteroatoms. The van der Waals surface area contributed by atoms with Crippen LogP contribution in [0.3, 0.4) is 0 Å². The Bertz CT molecular complexity index is 1160. The number of fused-ring (bicyclic) bond motifs is 1. The van der Waals surface area contributed by atoms with Crippen molar-refractivity contribution in [3.05, 3.63) is 82.0 Å². The van der Waals surface area contributed by atoms with E-state index in [0.29, 0.717) is 22.1 Å². The van der Waals surface area contributed by atoms with E-state index in [1.165, 1.54) is 0 Å². The van der Waals surface area contributed by atoms with E-state index in [0.717, 1.165) is 16.6 Å². The van der Waals surface area contributed by atoms with Gasteiger partial charge in [-0.1, -0.05) is 23.7 Å². The van der Waals surface area contributed by atoms with E-state index in [2.05, 4.69) is 25.3 Å². The molecule has 4 rings (SSSR count). The average Bonchev–Trinajstić information content (AvgIpc) is 2.69. The van der Waals surface area contributed by atoms with Gasteiger partial charge in [0.15, 0.2) is 0 Å². The fraction of sp³-hybridized carbons (Fsp3) is 0.100. The van der Waals surface area contributed by atoms with E-state index < -0.39 is 0 Å². The molecule has 0 saturated carbocycles. The van der Waals surface area contributed by atoms with Crippen LogP contribution in [0.5, 0.6) is 0 Å². The highest BCUT2D eigenvalue weighted by Gasteiger charge is 2.14. The molecule has 0 spiro atoms. The smallest absolute Gasteiger partial charge is 0.253 e. The molecule has 0 amide bonds. The second-order valence-corrected chi connectivity index (χ2v) is 6.54. The van der Waals surface area contributed by atoms with Gasteiger partial charge >= 0.3 is 0 Å². The van der Waals surface area contributed by atoms with Crippen LogP contribution in [0.2, 0.25) is 5.02 Å². The summed E-state index contributed by atoms with van der Waals surface area (Å²) in [5.74, 6) is 0.439. The minimum Gasteiger partial charge on any atom is -0.347 e. The van der Waals surface area contributed by atoms with Gasteiger partial charge in [0.1, 0.15) is 0 Å². The molecule has 4 aromatic rings. The molecule has 134 valence electrons. The maximum Gasteiger partial charge on any atom is 0.253 e. The fourth-order valence-electron chi connectivity index (χ4n) is 2.91. The molecule has 0 saturated heterocycles. The normalized spacial score (nSPS) is 12.1. The summed E-state index contributed by atoms with van der Waals surface area (Å²) in [7, 11) is 0. The van der Waals surface area contributed by atoms with Crippen molar-refractivity contribution in [1.82, 2.24) is 19.9 Å². The Morgan fingerprint density at radius 1 is 1.15 bits per heavy atom. The molecule has 3 aromatic heterocycles. The summed E-state index contributed by atoms with van der Waals surface area (Å²) in [6.07, 6.45) is 5.13. The minimum absolute atomic E-state index is 0.195. The Hall–Kier alpha value is -3.25. The van der Waals surface area contributed by atoms with Crippen molar-refractivity contribution in [2.45, 2.75) is 13.0 Å². The third-order valence-electron chi connectivity index (χ3n) is 4.28. The van der Waals surface area contributed by atoms with Crippen molar-refractivity contribution in [2.75, 3.05) is 5.32 Å². The Morgan fingerprint density at radius 2 is 2.04 bits per heavy atom. The first kappa shape index (κ1) is 17.2. The molecule has 1 atom stereocenters. The molecule has 6 nitrogen and oxygen atoms in total. The van der Waals surface area contributed by atoms with E-state index in [9.17, 15) is 4.79 Å². The van der Waals surface area contributed by atoms with E-state index in [-0.39, 0.29) is 11.6 Å². The zero-order valence-corrected chi connectivity index (χ0v) is 15.2. The van der Waals surface area contributed by atoms with Gasteiger partial charge in [-0.25, -0.2) is 9.97 Å². The standard InChI is InChI=1S/C20H16ClN5O/c1-12(15-10-13-4-2-6-16(21)18(13)26-19(15)27)24-20-23-9-7-17(25-20)14-5-3-8-22-11-14/h2-12H,1H3,(H,26,27)(H,23,24,25)/t12-/m0/s1. The largest absolute Gasteiger partial charge is 0.347 e. The van der Waals surface area contributed by atoms with Gasteiger partial charge in [-0.05, 0) is 37.3 Å². The predicted octanol–water partition coefficient (Wildman–Crippen LogP) is 4.21. The summed E-state index contributed by atoms with van der Waals surface area (Å²) in [6, 6.07) is 12.7. The zero-order valence-electron chi connectivity index (χ0n) is 14.5. The topological polar surface area (TPSA) is 83.6 Å². The predicted molar refractivity (Wildman–Crippen MR) is 107 cm³/mol. The first-order chi connectivity index (χ1) is 13.1. The lowest BCUT2D eigenvalue weighted by Gasteiger charge is -2.15. The molecular formula is C20H16ClN5O. The molecule has 1 aromatic carbocycles. The van der Waals surface area contributed by atoms with Crippen LogP contribution in [0.1, 0.15) is 18.5 Å². The molecule has 27 heavy (non-hydrogen) atoms. The van der Waals surface area contributed by atoms with Gasteiger partial charge < -0.3 is 10.3 Å². The van der Waals surface area contributed by atoms with Crippen molar-refractivity contribution >= 4 is 28.5 Å². The lowest BCUT2D eigenvalue weighted by molar-refractivity contribution is 0.845. The molecule has 0 bridgehead atoms. The van der Waals surface area contributed by atoms with Crippen molar-refractivity contribution in [3.63, 3.8) is 0 Å². The summed E-state index contributed by atoms with van der Waals surface area (Å²) < 4.78 is 0. The Morgan fingerprint density at radius 3 is 2.85 bits per heavy atom. The monoisotopic (exact) mass is 377 g/mol. The summed E-state index contributed by atoms with van der Waals surface area (Å²) >= 11 is 6.16. The number of anilines is 1. The van der Waals surface area contributed by atoms with Gasteiger partial charge in [0, 0.05) is 35.1 Å². The fourth-order valence-corrected chi connectivity index (χ4v) is 3.14. The summed E-state index contributed by atoms with van der Waals surface area (Å²) in [6.45, 7) is 1.89. The molecule has 0 aliphatic rings. The quantitative estimate of drug-likeness (QED) is 0.556. The summed E-state index contributed by atoms with van der Waals surface area (Å²) in [5.41, 5.74) is 2.68. The average molecular weight is 378 g/mol. The lowest BCUT2D eigenvalue weighted by Crippen LogP contribution is -2.20. The number of rotatable bonds is 4. The number of nitrogens with zero attached hydrogens (tertiary/aromatic N) is 3. The second-order valence-electron chi connectivity index (χ2n) is 6.13. The van der Waals surface area contributed by atoms with Crippen LogP contribution in [0, 0.1) is 0 Å². The number of H-pyrrole nitrogens is 1. The molecule has 0 fully saturated rings. The maximum atomic E-state index is 12.5. The number of halogens is 1. The van der Waals surface area contributed by atoms with E-state index in [1.807, 2.05) is 43.3 Å². The molecule has 0 radical (unpaired) electrons. The number of benzene rings is 1. The number of nitrogens with one attached hydrogen (secondary N) is 2. The first-order valence-corrected chi connectivity index (χ1v) is 8.81. The van der Waals surface area contributed by atoms with E-state index in [1.54, 1.807) is 24.7 Å². The highest BCUT2D eigenvalue weighted by atomic mass is 35.5. The van der Waals surface area contributed by atoms with Crippen LogP contribution in [0.15, 0.2) is 65.8 Å². The van der Waals surface area contributed by atoms with Crippen molar-refractivity contribution < 1.29 is 0 Å². The van der Waals surface area contributed by atoms with Gasteiger partial charge in [-0.3, -0.25) is 9.78 Å². The number of hydrogen-bond donors (Lipinski definition) is 2. The van der Waals surface area contributed by atoms with Gasteiger partial charge in [0.25, 0.3) is 5.56 Å². The molecule has 0 unspecified atom stereocenters. The minimum atomic E-state index is -0.290. The zero-order chi connectivity index (χ0) is 18.8. The third-order valence-corrected chi connectivity index (χ3v) is 4.60. The number of aromatic nitrogens is 4. The molecule has 2 N–H and O–H groups in total. The van der Waals surface area contributed by atoms with Crippen LogP contribution < -0.4 is 10.9 Å². The lowest BCUT2D eigenvalue weighted by atomic mass is 10.1. The number of pyridine rings is 2. The van der Waals surface area contributed by atoms with Crippen LogP contribution >= 0.6 is 11.6 Å². The maximum absolute atomic E-state index is 12.5. The van der Waals surface area contributed by atoms with Crippen molar-refractivity contribution in [1.29, 1.82) is 0 Å². The number of aromatic amines is 1. The van der Waals surface area contributed by atoms with Crippen molar-refractivity contribution in [2.24, 2.45) is 0 Å². The van der Waals surface area contributed by atoms with Crippen LogP contribution in [-0.2, 0) is 0 Å². The SMILES string of the molecule is C[C@H](Nc1nccc(-c2cccnc2)n1)c1cc2cccc(Cl)c2[nH]c1=O. The first-order valence-electron chi connectivity index (χ1n) is 8.43. The molecule has 3 heterocycles. The summed E-state index contributed by atoms with van der Waals surface area (Å²) in [4.78, 5) is 28.2. The van der Waals surface area contributed by atoms with E-state index in [4.69, 9.17) is 11.6 Å². The van der Waals surface area contributed by atoms with Crippen LogP contribution in [0.25, 0.3) is 22.2 Å². The highest BCUT2D eigenvalue weighted by Crippen LogP contribution is 2.23. The second kappa shape index (κ2) is 7.17. The van der Waals surface area contributed by atoms with Gasteiger partial charge in [-0.2, -0.15) is 0 Å². The molecule has 0 aliphatic carbocycles. The molecule has 0 aliphatic heterocycles. The Balaban J connectivity index is 1.65. The van der Waals surface area contributed by atoms with Crippen molar-refractivity contribution in [3.8, 4) is 11.3 Å². The number of para-hydroxylation sites is 1. The number of hydrogen-bond acceptors (Lipinski definition) is 5. The third kappa shape index (κ3) is 3.52. The van der Waals surface area contributed by atoms with Gasteiger partial charge in [-0.15, -0.1) is 0 Å². The van der Waals surface area contributed by atoms with Crippen LogP contribution in [0.4, 0.5) is 5.95 Å². The molecular weight excluding hydrogens is 362 g/mol. The Labute approximate surface area is 160 Å². The highest BCUT2D eigenvalue weighted by molar-refractivity contribution is 6.35. The summed E-state index contributed by atoms with van der Waals surface area (Å²) in [5, 5.41) is 4.58. The Kier molecular flexibility index (Phi) is 4.56. The van der Waals surface area contributed by atoms with Gasteiger partial charge in [0.2, 0.25) is 5.95 Å². The van der Waals surface area contributed by atoms with Crippen LogP contribution in [-0.4, -0.2) is 19.9 Å².